The van der Waals surface area contributed by atoms with Gasteiger partial charge < -0.3 is 5.32 Å². The van der Waals surface area contributed by atoms with Crippen LogP contribution in [0.1, 0.15) is 38.2 Å². The molecule has 19 heavy (non-hydrogen) atoms. The molecule has 0 aliphatic heterocycles. The summed E-state index contributed by atoms with van der Waals surface area (Å²) in [5.74, 6) is 0. The van der Waals surface area contributed by atoms with Crippen LogP contribution < -0.4 is 5.32 Å². The Morgan fingerprint density at radius 1 is 1.21 bits per heavy atom. The predicted molar refractivity (Wildman–Crippen MR) is 77.3 cm³/mol. The van der Waals surface area contributed by atoms with Gasteiger partial charge in [0.2, 0.25) is 0 Å². The Labute approximate surface area is 114 Å². The molecule has 3 nitrogen and oxygen atoms in total. The Morgan fingerprint density at radius 3 is 2.58 bits per heavy atom. The van der Waals surface area contributed by atoms with E-state index in [-0.39, 0.29) is 0 Å². The molecule has 1 aromatic carbocycles. The molecule has 0 spiro atoms. The Bertz CT molecular complexity index is 507. The van der Waals surface area contributed by atoms with Crippen LogP contribution in [0.25, 0.3) is 5.69 Å². The van der Waals surface area contributed by atoms with E-state index in [2.05, 4.69) is 41.6 Å². The number of hydrogen-bond acceptors (Lipinski definition) is 2. The average molecular weight is 255 g/mol. The van der Waals surface area contributed by atoms with Crippen molar-refractivity contribution in [2.24, 2.45) is 0 Å². The minimum Gasteiger partial charge on any atom is -0.307 e. The second-order valence-electron chi connectivity index (χ2n) is 5.74. The third kappa shape index (κ3) is 2.87. The third-order valence-corrected chi connectivity index (χ3v) is 4.13. The van der Waals surface area contributed by atoms with Gasteiger partial charge in [-0.25, -0.2) is 4.68 Å². The molecule has 2 aromatic rings. The standard InChI is InChI=1S/C16H21N3/c1-16(9-2-3-10-16)17-13-14-5-7-15(8-6-14)19-12-4-11-18-19/h4-8,11-12,17H,2-3,9-10,13H2,1H3. The van der Waals surface area contributed by atoms with E-state index in [4.69, 9.17) is 0 Å². The molecular formula is C16H21N3. The maximum Gasteiger partial charge on any atom is 0.0645 e. The minimum atomic E-state index is 0.348. The zero-order chi connectivity index (χ0) is 13.1. The fourth-order valence-corrected chi connectivity index (χ4v) is 2.84. The van der Waals surface area contributed by atoms with Gasteiger partial charge >= 0.3 is 0 Å². The Morgan fingerprint density at radius 2 is 1.95 bits per heavy atom. The molecule has 1 saturated carbocycles. The van der Waals surface area contributed by atoms with Gasteiger partial charge in [-0.15, -0.1) is 0 Å². The molecule has 0 atom stereocenters. The molecule has 0 amide bonds. The highest BCUT2D eigenvalue weighted by Gasteiger charge is 2.27. The van der Waals surface area contributed by atoms with Crippen LogP contribution >= 0.6 is 0 Å². The van der Waals surface area contributed by atoms with Crippen LogP contribution in [0.15, 0.2) is 42.7 Å². The van der Waals surface area contributed by atoms with Crippen molar-refractivity contribution in [3.63, 3.8) is 0 Å². The monoisotopic (exact) mass is 255 g/mol. The zero-order valence-corrected chi connectivity index (χ0v) is 11.5. The summed E-state index contributed by atoms with van der Waals surface area (Å²) in [6.45, 7) is 3.30. The molecule has 0 saturated heterocycles. The van der Waals surface area contributed by atoms with Crippen LogP contribution in [-0.4, -0.2) is 15.3 Å². The summed E-state index contributed by atoms with van der Waals surface area (Å²) in [5, 5.41) is 7.94. The molecule has 3 rings (SSSR count). The first-order valence-corrected chi connectivity index (χ1v) is 7.09. The molecule has 0 radical (unpaired) electrons. The molecule has 1 fully saturated rings. The highest BCUT2D eigenvalue weighted by atomic mass is 15.3. The lowest BCUT2D eigenvalue weighted by Gasteiger charge is -2.25. The Hall–Kier alpha value is -1.61. The van der Waals surface area contributed by atoms with E-state index in [0.717, 1.165) is 12.2 Å². The highest BCUT2D eigenvalue weighted by molar-refractivity contribution is 5.33. The molecule has 3 heteroatoms. The van der Waals surface area contributed by atoms with Gasteiger partial charge in [-0.2, -0.15) is 5.10 Å². The van der Waals surface area contributed by atoms with Gasteiger partial charge in [0.25, 0.3) is 0 Å². The van der Waals surface area contributed by atoms with E-state index in [9.17, 15) is 0 Å². The second-order valence-corrected chi connectivity index (χ2v) is 5.74. The molecule has 1 heterocycles. The van der Waals surface area contributed by atoms with Gasteiger partial charge in [0.1, 0.15) is 0 Å². The number of nitrogens with zero attached hydrogens (tertiary/aromatic N) is 2. The number of hydrogen-bond donors (Lipinski definition) is 1. The van der Waals surface area contributed by atoms with Crippen molar-refractivity contribution in [1.29, 1.82) is 0 Å². The van der Waals surface area contributed by atoms with Crippen molar-refractivity contribution in [3.05, 3.63) is 48.3 Å². The van der Waals surface area contributed by atoms with Crippen molar-refractivity contribution in [1.82, 2.24) is 15.1 Å². The van der Waals surface area contributed by atoms with Crippen molar-refractivity contribution in [2.75, 3.05) is 0 Å². The fourth-order valence-electron chi connectivity index (χ4n) is 2.84. The summed E-state index contributed by atoms with van der Waals surface area (Å²) >= 11 is 0. The Kier molecular flexibility index (Phi) is 3.38. The predicted octanol–water partition coefficient (Wildman–Crippen LogP) is 3.29. The lowest BCUT2D eigenvalue weighted by molar-refractivity contribution is 0.363. The summed E-state index contributed by atoms with van der Waals surface area (Å²) in [4.78, 5) is 0. The van der Waals surface area contributed by atoms with Gasteiger partial charge in [-0.1, -0.05) is 25.0 Å². The third-order valence-electron chi connectivity index (χ3n) is 4.13. The van der Waals surface area contributed by atoms with E-state index in [0.29, 0.717) is 5.54 Å². The van der Waals surface area contributed by atoms with E-state index < -0.39 is 0 Å². The van der Waals surface area contributed by atoms with Crippen molar-refractivity contribution in [2.45, 2.75) is 44.7 Å². The summed E-state index contributed by atoms with van der Waals surface area (Å²) in [6.07, 6.45) is 9.10. The van der Waals surface area contributed by atoms with Crippen LogP contribution in [-0.2, 0) is 6.54 Å². The van der Waals surface area contributed by atoms with Gasteiger partial charge in [-0.05, 0) is 43.5 Å². The van der Waals surface area contributed by atoms with Crippen molar-refractivity contribution >= 4 is 0 Å². The Balaban J connectivity index is 1.63. The molecule has 0 unspecified atom stereocenters. The van der Waals surface area contributed by atoms with Gasteiger partial charge in [0.15, 0.2) is 0 Å². The van der Waals surface area contributed by atoms with Gasteiger partial charge in [0.05, 0.1) is 5.69 Å². The topological polar surface area (TPSA) is 29.9 Å². The maximum atomic E-state index is 4.24. The van der Waals surface area contributed by atoms with E-state index in [1.807, 2.05) is 16.9 Å². The lowest BCUT2D eigenvalue weighted by Crippen LogP contribution is -2.38. The minimum absolute atomic E-state index is 0.348. The van der Waals surface area contributed by atoms with Crippen molar-refractivity contribution < 1.29 is 0 Å². The van der Waals surface area contributed by atoms with E-state index in [1.165, 1.54) is 31.2 Å². The maximum absolute atomic E-state index is 4.24. The van der Waals surface area contributed by atoms with E-state index in [1.54, 1.807) is 6.20 Å². The molecule has 1 aliphatic carbocycles. The number of benzene rings is 1. The molecule has 1 aromatic heterocycles. The molecule has 1 N–H and O–H groups in total. The van der Waals surface area contributed by atoms with Crippen LogP contribution in [0, 0.1) is 0 Å². The normalized spacial score (nSPS) is 17.7. The number of nitrogens with one attached hydrogen (secondary N) is 1. The first-order chi connectivity index (χ1) is 9.25. The average Bonchev–Trinajstić information content (AvgIpc) is 3.09. The highest BCUT2D eigenvalue weighted by Crippen LogP contribution is 2.29. The largest absolute Gasteiger partial charge is 0.307 e. The van der Waals surface area contributed by atoms with Crippen LogP contribution in [0.4, 0.5) is 0 Å². The number of aromatic nitrogens is 2. The number of rotatable bonds is 4. The van der Waals surface area contributed by atoms with Crippen molar-refractivity contribution in [3.8, 4) is 5.69 Å². The summed E-state index contributed by atoms with van der Waals surface area (Å²) in [7, 11) is 0. The molecule has 0 bridgehead atoms. The smallest absolute Gasteiger partial charge is 0.0645 e. The van der Waals surface area contributed by atoms with Gasteiger partial charge in [0, 0.05) is 24.5 Å². The molecule has 1 aliphatic rings. The quantitative estimate of drug-likeness (QED) is 0.908. The van der Waals surface area contributed by atoms with Crippen LogP contribution in [0.3, 0.4) is 0 Å². The van der Waals surface area contributed by atoms with E-state index >= 15 is 0 Å². The molecule has 100 valence electrons. The SMILES string of the molecule is CC1(NCc2ccc(-n3cccn3)cc2)CCCC1. The van der Waals surface area contributed by atoms with Gasteiger partial charge in [-0.3, -0.25) is 0 Å². The van der Waals surface area contributed by atoms with Crippen LogP contribution in [0.2, 0.25) is 0 Å². The van der Waals surface area contributed by atoms with Crippen LogP contribution in [0.5, 0.6) is 0 Å². The first kappa shape index (κ1) is 12.4. The summed E-state index contributed by atoms with van der Waals surface area (Å²) < 4.78 is 1.88. The first-order valence-electron chi connectivity index (χ1n) is 7.09. The lowest BCUT2D eigenvalue weighted by atomic mass is 10.0. The zero-order valence-electron chi connectivity index (χ0n) is 11.5. The molecular weight excluding hydrogens is 234 g/mol. The summed E-state index contributed by atoms with van der Waals surface area (Å²) in [5.41, 5.74) is 2.80. The summed E-state index contributed by atoms with van der Waals surface area (Å²) in [6, 6.07) is 10.6. The fraction of sp³-hybridized carbons (Fsp3) is 0.438. The second kappa shape index (κ2) is 5.17.